The maximum absolute atomic E-state index is 13.5. The van der Waals surface area contributed by atoms with Crippen LogP contribution in [-0.2, 0) is 0 Å². The fourth-order valence-corrected chi connectivity index (χ4v) is 2.56. The van der Waals surface area contributed by atoms with Gasteiger partial charge in [-0.25, -0.2) is 4.39 Å². The molecule has 96 valence electrons. The van der Waals surface area contributed by atoms with Gasteiger partial charge in [-0.05, 0) is 24.3 Å². The molecule has 2 aromatic rings. The molecule has 0 spiro atoms. The van der Waals surface area contributed by atoms with E-state index >= 15 is 0 Å². The third-order valence-electron chi connectivity index (χ3n) is 2.31. The van der Waals surface area contributed by atoms with Gasteiger partial charge < -0.3 is 10.5 Å². The third kappa shape index (κ3) is 2.80. The highest BCUT2D eigenvalue weighted by molar-refractivity contribution is 7.16. The molecule has 0 aliphatic heterocycles. The number of thiophene rings is 1. The first kappa shape index (κ1) is 13.3. The van der Waals surface area contributed by atoms with Crippen LogP contribution in [0.4, 0.5) is 8.78 Å². The van der Waals surface area contributed by atoms with E-state index in [9.17, 15) is 8.78 Å². The Bertz CT molecular complexity index is 547. The molecule has 2 nitrogen and oxygen atoms in total. The number of rotatable bonds is 4. The summed E-state index contributed by atoms with van der Waals surface area (Å²) in [5.74, 6) is -2.12. The van der Waals surface area contributed by atoms with Gasteiger partial charge in [0.25, 0.3) is 0 Å². The van der Waals surface area contributed by atoms with E-state index in [2.05, 4.69) is 0 Å². The molecule has 1 aromatic heterocycles. The Morgan fingerprint density at radius 3 is 2.67 bits per heavy atom. The van der Waals surface area contributed by atoms with Crippen molar-refractivity contribution in [2.45, 2.75) is 6.10 Å². The number of hydrogen-bond donors (Lipinski definition) is 1. The molecule has 1 atom stereocenters. The lowest BCUT2D eigenvalue weighted by Gasteiger charge is -2.16. The second-order valence-corrected chi connectivity index (χ2v) is 5.28. The molecule has 18 heavy (non-hydrogen) atoms. The highest BCUT2D eigenvalue weighted by atomic mass is 35.5. The van der Waals surface area contributed by atoms with Crippen molar-refractivity contribution in [2.24, 2.45) is 5.73 Å². The summed E-state index contributed by atoms with van der Waals surface area (Å²) in [7, 11) is 0. The molecule has 2 rings (SSSR count). The Morgan fingerprint density at radius 2 is 2.06 bits per heavy atom. The summed E-state index contributed by atoms with van der Waals surface area (Å²) in [5, 5.41) is 0. The maximum atomic E-state index is 13.5. The monoisotopic (exact) mass is 289 g/mol. The molecule has 1 aromatic carbocycles. The first-order chi connectivity index (χ1) is 8.61. The van der Waals surface area contributed by atoms with Crippen molar-refractivity contribution in [1.29, 1.82) is 0 Å². The summed E-state index contributed by atoms with van der Waals surface area (Å²) >= 11 is 7.10. The lowest BCUT2D eigenvalue weighted by molar-refractivity contribution is 0.205. The summed E-state index contributed by atoms with van der Waals surface area (Å²) in [5.41, 5.74) is 5.57. The van der Waals surface area contributed by atoms with Gasteiger partial charge in [0.15, 0.2) is 11.6 Å². The second-order valence-electron chi connectivity index (χ2n) is 3.54. The zero-order chi connectivity index (χ0) is 13.1. The second kappa shape index (κ2) is 5.65. The molecule has 0 saturated heterocycles. The van der Waals surface area contributed by atoms with Gasteiger partial charge in [-0.15, -0.1) is 11.3 Å². The lowest BCUT2D eigenvalue weighted by atomic mass is 10.2. The molecule has 0 amide bonds. The highest BCUT2D eigenvalue weighted by Crippen LogP contribution is 2.31. The maximum Gasteiger partial charge on any atom is 0.200 e. The van der Waals surface area contributed by atoms with E-state index in [0.29, 0.717) is 4.34 Å². The predicted octanol–water partition coefficient (Wildman–Crippen LogP) is 3.76. The van der Waals surface area contributed by atoms with Crippen LogP contribution >= 0.6 is 22.9 Å². The predicted molar refractivity (Wildman–Crippen MR) is 68.1 cm³/mol. The number of ether oxygens (including phenoxy) is 1. The van der Waals surface area contributed by atoms with Crippen molar-refractivity contribution in [2.75, 3.05) is 6.54 Å². The van der Waals surface area contributed by atoms with Crippen molar-refractivity contribution in [3.05, 3.63) is 51.2 Å². The molecule has 0 aliphatic rings. The van der Waals surface area contributed by atoms with Crippen LogP contribution in [0.25, 0.3) is 0 Å². The van der Waals surface area contributed by atoms with Gasteiger partial charge in [-0.1, -0.05) is 17.7 Å². The zero-order valence-corrected chi connectivity index (χ0v) is 10.8. The molecule has 6 heteroatoms. The Morgan fingerprint density at radius 1 is 1.28 bits per heavy atom. The largest absolute Gasteiger partial charge is 0.480 e. The van der Waals surface area contributed by atoms with Gasteiger partial charge in [0.05, 0.1) is 4.34 Å². The van der Waals surface area contributed by atoms with E-state index in [1.807, 2.05) is 0 Å². The van der Waals surface area contributed by atoms with Crippen molar-refractivity contribution < 1.29 is 13.5 Å². The number of nitrogens with two attached hydrogens (primary N) is 1. The minimum absolute atomic E-state index is 0.146. The van der Waals surface area contributed by atoms with E-state index in [4.69, 9.17) is 22.1 Å². The summed E-state index contributed by atoms with van der Waals surface area (Å²) < 4.78 is 32.5. The molecule has 1 unspecified atom stereocenters. The van der Waals surface area contributed by atoms with Crippen LogP contribution in [0.5, 0.6) is 5.75 Å². The summed E-state index contributed by atoms with van der Waals surface area (Å²) in [6.07, 6.45) is -0.543. The fraction of sp³-hybridized carbons (Fsp3) is 0.167. The van der Waals surface area contributed by atoms with E-state index in [1.54, 1.807) is 12.1 Å². The van der Waals surface area contributed by atoms with Gasteiger partial charge in [-0.3, -0.25) is 0 Å². The minimum Gasteiger partial charge on any atom is -0.480 e. The average Bonchev–Trinajstić information content (AvgIpc) is 2.78. The van der Waals surface area contributed by atoms with Crippen molar-refractivity contribution in [3.8, 4) is 5.75 Å². The topological polar surface area (TPSA) is 35.2 Å². The summed E-state index contributed by atoms with van der Waals surface area (Å²) in [4.78, 5) is 0.770. The summed E-state index contributed by atoms with van der Waals surface area (Å²) in [6.45, 7) is 0.146. The van der Waals surface area contributed by atoms with Gasteiger partial charge in [0.2, 0.25) is 5.82 Å². The first-order valence-electron chi connectivity index (χ1n) is 5.17. The van der Waals surface area contributed by atoms with Crippen LogP contribution in [0.15, 0.2) is 30.3 Å². The van der Waals surface area contributed by atoms with E-state index < -0.39 is 17.7 Å². The van der Waals surface area contributed by atoms with Crippen molar-refractivity contribution in [1.82, 2.24) is 0 Å². The van der Waals surface area contributed by atoms with Crippen LogP contribution in [-0.4, -0.2) is 6.54 Å². The average molecular weight is 290 g/mol. The Labute approximate surface area is 112 Å². The van der Waals surface area contributed by atoms with E-state index in [1.165, 1.54) is 23.5 Å². The number of hydrogen-bond acceptors (Lipinski definition) is 3. The molecule has 0 bridgehead atoms. The highest BCUT2D eigenvalue weighted by Gasteiger charge is 2.17. The van der Waals surface area contributed by atoms with Gasteiger partial charge in [-0.2, -0.15) is 4.39 Å². The van der Waals surface area contributed by atoms with Crippen molar-refractivity contribution >= 4 is 22.9 Å². The third-order valence-corrected chi connectivity index (χ3v) is 3.63. The standard InChI is InChI=1S/C12H10ClF2NOS/c13-11-5-4-10(18-11)9(6-16)17-8-3-1-2-7(14)12(8)15/h1-5,9H,6,16H2. The Hall–Kier alpha value is -1.17. The van der Waals surface area contributed by atoms with Gasteiger partial charge in [0, 0.05) is 11.4 Å². The SMILES string of the molecule is NCC(Oc1cccc(F)c1F)c1ccc(Cl)s1. The van der Waals surface area contributed by atoms with Crippen LogP contribution in [0, 0.1) is 11.6 Å². The molecule has 0 aliphatic carbocycles. The quantitative estimate of drug-likeness (QED) is 0.930. The van der Waals surface area contributed by atoms with E-state index in [-0.39, 0.29) is 12.3 Å². The minimum atomic E-state index is -1.02. The van der Waals surface area contributed by atoms with Crippen LogP contribution in [0.3, 0.4) is 0 Å². The zero-order valence-electron chi connectivity index (χ0n) is 9.20. The normalized spacial score (nSPS) is 12.4. The van der Waals surface area contributed by atoms with Crippen molar-refractivity contribution in [3.63, 3.8) is 0 Å². The number of benzene rings is 1. The molecule has 0 fully saturated rings. The van der Waals surface area contributed by atoms with Crippen LogP contribution in [0.2, 0.25) is 4.34 Å². The molecular weight excluding hydrogens is 280 g/mol. The first-order valence-corrected chi connectivity index (χ1v) is 6.37. The van der Waals surface area contributed by atoms with Gasteiger partial charge >= 0.3 is 0 Å². The van der Waals surface area contributed by atoms with E-state index in [0.717, 1.165) is 10.9 Å². The molecule has 2 N–H and O–H groups in total. The fourth-order valence-electron chi connectivity index (χ4n) is 1.45. The summed E-state index contributed by atoms with van der Waals surface area (Å²) in [6, 6.07) is 7.22. The Balaban J connectivity index is 2.23. The molecule has 1 heterocycles. The number of halogens is 3. The van der Waals surface area contributed by atoms with Crippen LogP contribution < -0.4 is 10.5 Å². The van der Waals surface area contributed by atoms with Crippen LogP contribution in [0.1, 0.15) is 11.0 Å². The van der Waals surface area contributed by atoms with Gasteiger partial charge in [0.1, 0.15) is 6.10 Å². The molecule has 0 radical (unpaired) electrons. The molecular formula is C12H10ClF2NOS. The Kier molecular flexibility index (Phi) is 4.16. The lowest BCUT2D eigenvalue weighted by Crippen LogP contribution is -2.18. The smallest absolute Gasteiger partial charge is 0.200 e. The molecule has 0 saturated carbocycles.